The fraction of sp³-hybridized carbons (Fsp3) is 0. The number of fused-ring (bicyclic) bond motifs is 1. The van der Waals surface area contributed by atoms with Gasteiger partial charge in [0.15, 0.2) is 5.65 Å². The molecule has 0 unspecified atom stereocenters. The van der Waals surface area contributed by atoms with Crippen LogP contribution >= 0.6 is 0 Å². The van der Waals surface area contributed by atoms with Crippen molar-refractivity contribution in [1.29, 1.82) is 0 Å². The van der Waals surface area contributed by atoms with Crippen molar-refractivity contribution in [1.82, 2.24) is 29.1 Å². The van der Waals surface area contributed by atoms with Crippen molar-refractivity contribution in [3.63, 3.8) is 0 Å². The predicted octanol–water partition coefficient (Wildman–Crippen LogP) is -0.108. The van der Waals surface area contributed by atoms with Gasteiger partial charge in [0.25, 0.3) is 0 Å². The Balaban J connectivity index is 2.38. The lowest BCUT2D eigenvalue weighted by Crippen LogP contribution is -2.05. The standard InChI is InChI=1S/C8H7N7/c9-6-3-14-2-1-11-7(14)8(13-6)15-5-10-4-12-15/h1-5H,9H2. The number of aromatic nitrogens is 6. The molecule has 0 saturated heterocycles. The van der Waals surface area contributed by atoms with E-state index in [0.29, 0.717) is 17.3 Å². The van der Waals surface area contributed by atoms with E-state index in [1.807, 2.05) is 0 Å². The predicted molar refractivity (Wildman–Crippen MR) is 52.3 cm³/mol. The molecule has 3 rings (SSSR count). The van der Waals surface area contributed by atoms with Gasteiger partial charge >= 0.3 is 0 Å². The summed E-state index contributed by atoms with van der Waals surface area (Å²) in [6.07, 6.45) is 8.16. The SMILES string of the molecule is Nc1cn2ccnc2c(-n2cncn2)n1. The van der Waals surface area contributed by atoms with Crippen LogP contribution in [0.15, 0.2) is 31.2 Å². The van der Waals surface area contributed by atoms with Crippen molar-refractivity contribution in [3.8, 4) is 5.82 Å². The van der Waals surface area contributed by atoms with Crippen LogP contribution in [0.4, 0.5) is 5.82 Å². The quantitative estimate of drug-likeness (QED) is 0.593. The maximum atomic E-state index is 5.67. The van der Waals surface area contributed by atoms with Crippen LogP contribution in [-0.4, -0.2) is 29.1 Å². The second kappa shape index (κ2) is 2.77. The molecule has 7 heteroatoms. The van der Waals surface area contributed by atoms with E-state index >= 15 is 0 Å². The van der Waals surface area contributed by atoms with Gasteiger partial charge in [-0.1, -0.05) is 0 Å². The average Bonchev–Trinajstić information content (AvgIpc) is 2.86. The van der Waals surface area contributed by atoms with Gasteiger partial charge in [-0.2, -0.15) is 9.78 Å². The zero-order chi connectivity index (χ0) is 10.3. The molecular formula is C8H7N7. The molecule has 3 aromatic rings. The number of nitrogens with two attached hydrogens (primary N) is 1. The van der Waals surface area contributed by atoms with Gasteiger partial charge in [0.2, 0.25) is 5.82 Å². The largest absolute Gasteiger partial charge is 0.382 e. The van der Waals surface area contributed by atoms with Crippen molar-refractivity contribution in [3.05, 3.63) is 31.2 Å². The van der Waals surface area contributed by atoms with Crippen LogP contribution in [0.2, 0.25) is 0 Å². The molecule has 0 aliphatic carbocycles. The number of rotatable bonds is 1. The molecule has 0 amide bonds. The van der Waals surface area contributed by atoms with Crippen LogP contribution < -0.4 is 5.73 Å². The van der Waals surface area contributed by atoms with Crippen molar-refractivity contribution < 1.29 is 0 Å². The number of nitrogens with zero attached hydrogens (tertiary/aromatic N) is 6. The lowest BCUT2D eigenvalue weighted by Gasteiger charge is -2.03. The van der Waals surface area contributed by atoms with E-state index in [4.69, 9.17) is 5.73 Å². The number of hydrogen-bond donors (Lipinski definition) is 1. The average molecular weight is 201 g/mol. The molecule has 0 saturated carbocycles. The molecule has 0 aliphatic rings. The normalized spacial score (nSPS) is 10.9. The summed E-state index contributed by atoms with van der Waals surface area (Å²) >= 11 is 0. The summed E-state index contributed by atoms with van der Waals surface area (Å²) in [6, 6.07) is 0. The number of hydrogen-bond acceptors (Lipinski definition) is 5. The van der Waals surface area contributed by atoms with E-state index in [0.717, 1.165) is 0 Å². The first-order chi connectivity index (χ1) is 7.34. The molecule has 0 aromatic carbocycles. The minimum Gasteiger partial charge on any atom is -0.382 e. The molecule has 15 heavy (non-hydrogen) atoms. The summed E-state index contributed by atoms with van der Waals surface area (Å²) in [5, 5.41) is 3.99. The Morgan fingerprint density at radius 2 is 2.27 bits per heavy atom. The van der Waals surface area contributed by atoms with Crippen LogP contribution in [0.1, 0.15) is 0 Å². The Bertz CT molecular complexity index is 595. The summed E-state index contributed by atoms with van der Waals surface area (Å²) in [7, 11) is 0. The summed E-state index contributed by atoms with van der Waals surface area (Å²) in [5.74, 6) is 0.975. The van der Waals surface area contributed by atoms with Crippen LogP contribution in [0.3, 0.4) is 0 Å². The van der Waals surface area contributed by atoms with Gasteiger partial charge in [-0.15, -0.1) is 0 Å². The molecule has 7 nitrogen and oxygen atoms in total. The third kappa shape index (κ3) is 1.13. The summed E-state index contributed by atoms with van der Waals surface area (Å²) < 4.78 is 3.32. The van der Waals surface area contributed by atoms with Crippen molar-refractivity contribution >= 4 is 11.5 Å². The molecule has 3 aromatic heterocycles. The molecule has 74 valence electrons. The van der Waals surface area contributed by atoms with E-state index in [1.165, 1.54) is 11.0 Å². The van der Waals surface area contributed by atoms with Crippen molar-refractivity contribution in [2.45, 2.75) is 0 Å². The monoisotopic (exact) mass is 201 g/mol. The molecule has 3 heterocycles. The number of anilines is 1. The van der Waals surface area contributed by atoms with E-state index < -0.39 is 0 Å². The highest BCUT2D eigenvalue weighted by atomic mass is 15.4. The number of imidazole rings is 1. The summed E-state index contributed by atoms with van der Waals surface area (Å²) in [4.78, 5) is 12.2. The minimum atomic E-state index is 0.408. The van der Waals surface area contributed by atoms with Crippen LogP contribution in [-0.2, 0) is 0 Å². The Morgan fingerprint density at radius 1 is 1.33 bits per heavy atom. The summed E-state index contributed by atoms with van der Waals surface area (Å²) in [5.41, 5.74) is 6.36. The van der Waals surface area contributed by atoms with Gasteiger partial charge < -0.3 is 10.1 Å². The van der Waals surface area contributed by atoms with E-state index in [2.05, 4.69) is 20.1 Å². The third-order valence-corrected chi connectivity index (χ3v) is 2.01. The Kier molecular flexibility index (Phi) is 1.46. The third-order valence-electron chi connectivity index (χ3n) is 2.01. The number of nitrogen functional groups attached to an aromatic ring is 1. The fourth-order valence-corrected chi connectivity index (χ4v) is 1.41. The minimum absolute atomic E-state index is 0.408. The van der Waals surface area contributed by atoms with Gasteiger partial charge in [-0.25, -0.2) is 15.0 Å². The fourth-order valence-electron chi connectivity index (χ4n) is 1.41. The van der Waals surface area contributed by atoms with Gasteiger partial charge in [0.1, 0.15) is 18.5 Å². The second-order valence-corrected chi connectivity index (χ2v) is 2.99. The Morgan fingerprint density at radius 3 is 3.07 bits per heavy atom. The lowest BCUT2D eigenvalue weighted by atomic mass is 10.6. The molecule has 0 bridgehead atoms. The van der Waals surface area contributed by atoms with Gasteiger partial charge in [-0.3, -0.25) is 0 Å². The molecule has 0 fully saturated rings. The zero-order valence-electron chi connectivity index (χ0n) is 7.65. The van der Waals surface area contributed by atoms with Gasteiger partial charge in [-0.05, 0) is 0 Å². The first-order valence-corrected chi connectivity index (χ1v) is 4.29. The molecule has 0 spiro atoms. The Hall–Kier alpha value is -2.44. The second-order valence-electron chi connectivity index (χ2n) is 2.99. The molecule has 0 aliphatic heterocycles. The molecule has 0 atom stereocenters. The Labute approximate surface area is 84.2 Å². The van der Waals surface area contributed by atoms with Crippen LogP contribution in [0, 0.1) is 0 Å². The van der Waals surface area contributed by atoms with Gasteiger partial charge in [0.05, 0.1) is 6.20 Å². The van der Waals surface area contributed by atoms with E-state index in [9.17, 15) is 0 Å². The smallest absolute Gasteiger partial charge is 0.201 e. The lowest BCUT2D eigenvalue weighted by molar-refractivity contribution is 0.842. The van der Waals surface area contributed by atoms with Crippen molar-refractivity contribution in [2.24, 2.45) is 0 Å². The highest BCUT2D eigenvalue weighted by Crippen LogP contribution is 2.12. The van der Waals surface area contributed by atoms with Crippen LogP contribution in [0.5, 0.6) is 0 Å². The topological polar surface area (TPSA) is 86.9 Å². The van der Waals surface area contributed by atoms with Crippen LogP contribution in [0.25, 0.3) is 11.5 Å². The highest BCUT2D eigenvalue weighted by molar-refractivity contribution is 5.56. The maximum absolute atomic E-state index is 5.67. The van der Waals surface area contributed by atoms with E-state index in [1.54, 1.807) is 29.3 Å². The van der Waals surface area contributed by atoms with Gasteiger partial charge in [0, 0.05) is 12.4 Å². The first-order valence-electron chi connectivity index (χ1n) is 4.29. The first kappa shape index (κ1) is 7.92. The summed E-state index contributed by atoms with van der Waals surface area (Å²) in [6.45, 7) is 0. The van der Waals surface area contributed by atoms with E-state index in [-0.39, 0.29) is 0 Å². The highest BCUT2D eigenvalue weighted by Gasteiger charge is 2.08. The molecular weight excluding hydrogens is 194 g/mol. The van der Waals surface area contributed by atoms with Crippen molar-refractivity contribution in [2.75, 3.05) is 5.73 Å². The maximum Gasteiger partial charge on any atom is 0.201 e. The molecule has 0 radical (unpaired) electrons. The molecule has 2 N–H and O–H groups in total. The zero-order valence-corrected chi connectivity index (χ0v) is 7.65.